The number of carbonyl (C=O) groups excluding carboxylic acids is 1. The Morgan fingerprint density at radius 2 is 2.00 bits per heavy atom. The molecule has 0 aromatic rings. The molecule has 0 amide bonds. The third-order valence-corrected chi connectivity index (χ3v) is 5.12. The summed E-state index contributed by atoms with van der Waals surface area (Å²) in [5.74, 6) is -0.351. The van der Waals surface area contributed by atoms with E-state index in [2.05, 4.69) is 31.6 Å². The molecular weight excluding hydrogens is 316 g/mol. The second kappa shape index (κ2) is 7.71. The summed E-state index contributed by atoms with van der Waals surface area (Å²) in [5, 5.41) is 0. The van der Waals surface area contributed by atoms with E-state index in [0.717, 1.165) is 24.0 Å². The maximum atomic E-state index is 11.2. The van der Waals surface area contributed by atoms with Crippen molar-refractivity contribution in [3.8, 4) is 0 Å². The standard InChI is InChI=1S/C21H30O4/c1-15(13-19(22)23-6)9-7-10-16(2)17-14-18-20(3,4)11-8-12-21(18,5)25-24-17/h7,9-10,13-14,17H,8,11-12H2,1-6H3/b9-7+,15-13+,16-10+. The van der Waals surface area contributed by atoms with E-state index in [1.807, 2.05) is 32.1 Å². The second-order valence-corrected chi connectivity index (χ2v) is 7.83. The smallest absolute Gasteiger partial charge is 0.330 e. The topological polar surface area (TPSA) is 44.8 Å². The van der Waals surface area contributed by atoms with Crippen molar-refractivity contribution in [2.75, 3.05) is 7.11 Å². The highest BCUT2D eigenvalue weighted by Crippen LogP contribution is 2.49. The van der Waals surface area contributed by atoms with Crippen molar-refractivity contribution in [3.05, 3.63) is 47.1 Å². The number of esters is 1. The van der Waals surface area contributed by atoms with E-state index in [1.165, 1.54) is 25.2 Å². The van der Waals surface area contributed by atoms with Crippen LogP contribution in [0.4, 0.5) is 0 Å². The van der Waals surface area contributed by atoms with Gasteiger partial charge in [-0.05, 0) is 68.2 Å². The van der Waals surface area contributed by atoms with Crippen LogP contribution in [0.25, 0.3) is 0 Å². The van der Waals surface area contributed by atoms with Crippen molar-refractivity contribution in [1.29, 1.82) is 0 Å². The van der Waals surface area contributed by atoms with Crippen LogP contribution in [0, 0.1) is 5.41 Å². The summed E-state index contributed by atoms with van der Waals surface area (Å²) in [6.07, 6.45) is 12.6. The Balaban J connectivity index is 2.15. The maximum absolute atomic E-state index is 11.2. The minimum atomic E-state index is -0.351. The van der Waals surface area contributed by atoms with Crippen LogP contribution in [0.1, 0.15) is 53.9 Å². The summed E-state index contributed by atoms with van der Waals surface area (Å²) in [7, 11) is 1.37. The zero-order valence-electron chi connectivity index (χ0n) is 16.2. The average molecular weight is 346 g/mol. The third kappa shape index (κ3) is 4.71. The molecule has 1 saturated carbocycles. The molecule has 0 bridgehead atoms. The first-order valence-electron chi connectivity index (χ1n) is 8.86. The first-order valence-corrected chi connectivity index (χ1v) is 8.86. The summed E-state index contributed by atoms with van der Waals surface area (Å²) in [6.45, 7) is 10.6. The highest BCUT2D eigenvalue weighted by molar-refractivity contribution is 5.83. The molecule has 0 N–H and O–H groups in total. The number of hydrogen-bond donors (Lipinski definition) is 0. The molecule has 138 valence electrons. The molecule has 0 saturated heterocycles. The summed E-state index contributed by atoms with van der Waals surface area (Å²) in [6, 6.07) is 0. The van der Waals surface area contributed by atoms with Crippen molar-refractivity contribution >= 4 is 5.97 Å². The van der Waals surface area contributed by atoms with Gasteiger partial charge >= 0.3 is 5.97 Å². The Labute approximate surface area is 151 Å². The Bertz CT molecular complexity index is 636. The van der Waals surface area contributed by atoms with Crippen molar-refractivity contribution in [1.82, 2.24) is 0 Å². The van der Waals surface area contributed by atoms with Crippen LogP contribution in [0.2, 0.25) is 0 Å². The largest absolute Gasteiger partial charge is 0.466 e. The fourth-order valence-electron chi connectivity index (χ4n) is 3.63. The van der Waals surface area contributed by atoms with Gasteiger partial charge in [-0.25, -0.2) is 14.6 Å². The van der Waals surface area contributed by atoms with E-state index in [4.69, 9.17) is 9.78 Å². The van der Waals surface area contributed by atoms with E-state index in [9.17, 15) is 4.79 Å². The maximum Gasteiger partial charge on any atom is 0.330 e. The zero-order valence-corrected chi connectivity index (χ0v) is 16.2. The van der Waals surface area contributed by atoms with Gasteiger partial charge in [0.05, 0.1) is 7.11 Å². The first kappa shape index (κ1) is 19.7. The monoisotopic (exact) mass is 346 g/mol. The lowest BCUT2D eigenvalue weighted by Crippen LogP contribution is -2.46. The quantitative estimate of drug-likeness (QED) is 0.240. The van der Waals surface area contributed by atoms with E-state index in [0.29, 0.717) is 0 Å². The second-order valence-electron chi connectivity index (χ2n) is 7.83. The first-order chi connectivity index (χ1) is 11.7. The Hall–Kier alpha value is -1.65. The predicted octanol–water partition coefficient (Wildman–Crippen LogP) is 4.83. The summed E-state index contributed by atoms with van der Waals surface area (Å²) in [4.78, 5) is 22.7. The normalized spacial score (nSPS) is 30.0. The molecule has 4 heteroatoms. The SMILES string of the molecule is COC(=O)/C=C(C)/C=C/C=C(\C)C1C=C2C(C)(C)CCCC2(C)OO1. The van der Waals surface area contributed by atoms with E-state index in [1.54, 1.807) is 0 Å². The van der Waals surface area contributed by atoms with Crippen LogP contribution in [0.3, 0.4) is 0 Å². The van der Waals surface area contributed by atoms with Crippen molar-refractivity contribution in [3.63, 3.8) is 0 Å². The fourth-order valence-corrected chi connectivity index (χ4v) is 3.63. The number of rotatable bonds is 4. The third-order valence-electron chi connectivity index (χ3n) is 5.12. The predicted molar refractivity (Wildman–Crippen MR) is 98.7 cm³/mol. The van der Waals surface area contributed by atoms with Gasteiger partial charge in [-0.15, -0.1) is 0 Å². The van der Waals surface area contributed by atoms with Crippen molar-refractivity contribution < 1.29 is 19.3 Å². The number of allylic oxidation sites excluding steroid dienone is 4. The van der Waals surface area contributed by atoms with Gasteiger partial charge in [0.15, 0.2) is 0 Å². The molecule has 4 nitrogen and oxygen atoms in total. The molecule has 2 aliphatic rings. The van der Waals surface area contributed by atoms with E-state index >= 15 is 0 Å². The molecule has 25 heavy (non-hydrogen) atoms. The van der Waals surface area contributed by atoms with Crippen LogP contribution < -0.4 is 0 Å². The molecular formula is C21H30O4. The van der Waals surface area contributed by atoms with Crippen LogP contribution >= 0.6 is 0 Å². The van der Waals surface area contributed by atoms with Crippen LogP contribution in [0.5, 0.6) is 0 Å². The van der Waals surface area contributed by atoms with E-state index < -0.39 is 0 Å². The van der Waals surface area contributed by atoms with Crippen LogP contribution in [-0.2, 0) is 19.3 Å². The van der Waals surface area contributed by atoms with Gasteiger partial charge in [0.25, 0.3) is 0 Å². The Kier molecular flexibility index (Phi) is 6.07. The van der Waals surface area contributed by atoms with Gasteiger partial charge in [0.2, 0.25) is 0 Å². The molecule has 2 unspecified atom stereocenters. The molecule has 0 spiro atoms. The van der Waals surface area contributed by atoms with Gasteiger partial charge in [-0.1, -0.05) is 32.1 Å². The van der Waals surface area contributed by atoms with Crippen molar-refractivity contribution in [2.45, 2.75) is 65.6 Å². The van der Waals surface area contributed by atoms with Gasteiger partial charge < -0.3 is 4.74 Å². The Morgan fingerprint density at radius 3 is 2.68 bits per heavy atom. The molecule has 1 heterocycles. The summed E-state index contributed by atoms with van der Waals surface area (Å²) < 4.78 is 4.61. The lowest BCUT2D eigenvalue weighted by molar-refractivity contribution is -0.372. The Morgan fingerprint density at radius 1 is 1.28 bits per heavy atom. The van der Waals surface area contributed by atoms with Crippen molar-refractivity contribution in [2.24, 2.45) is 5.41 Å². The molecule has 0 radical (unpaired) electrons. The van der Waals surface area contributed by atoms with Gasteiger partial charge in [-0.2, -0.15) is 0 Å². The molecule has 2 atom stereocenters. The minimum Gasteiger partial charge on any atom is -0.466 e. The fraction of sp³-hybridized carbons (Fsp3) is 0.571. The highest BCUT2D eigenvalue weighted by atomic mass is 17.2. The number of fused-ring (bicyclic) bond motifs is 1. The lowest BCUT2D eigenvalue weighted by atomic mass is 9.65. The van der Waals surface area contributed by atoms with Crippen LogP contribution in [-0.4, -0.2) is 24.8 Å². The van der Waals surface area contributed by atoms with Crippen LogP contribution in [0.15, 0.2) is 47.1 Å². The zero-order chi connectivity index (χ0) is 18.7. The van der Waals surface area contributed by atoms with Gasteiger partial charge in [-0.3, -0.25) is 0 Å². The molecule has 2 rings (SSSR count). The molecule has 1 fully saturated rings. The summed E-state index contributed by atoms with van der Waals surface area (Å²) >= 11 is 0. The lowest BCUT2D eigenvalue weighted by Gasteiger charge is -2.47. The van der Waals surface area contributed by atoms with Gasteiger partial charge in [0.1, 0.15) is 11.7 Å². The highest BCUT2D eigenvalue weighted by Gasteiger charge is 2.46. The van der Waals surface area contributed by atoms with E-state index in [-0.39, 0.29) is 23.1 Å². The van der Waals surface area contributed by atoms with Gasteiger partial charge in [0, 0.05) is 6.08 Å². The number of carbonyl (C=O) groups is 1. The number of ether oxygens (including phenoxy) is 1. The molecule has 0 aromatic heterocycles. The number of methoxy groups -OCH3 is 1. The molecule has 1 aliphatic heterocycles. The average Bonchev–Trinajstić information content (AvgIpc) is 2.53. The minimum absolute atomic E-state index is 0.130. The summed E-state index contributed by atoms with van der Waals surface area (Å²) in [5.41, 5.74) is 3.04. The molecule has 1 aliphatic carbocycles. The molecule has 0 aromatic carbocycles. The number of hydrogen-bond acceptors (Lipinski definition) is 4.